The molecule has 0 atom stereocenters. The lowest BCUT2D eigenvalue weighted by Crippen LogP contribution is -2.24. The Morgan fingerprint density at radius 2 is 1.21 bits per heavy atom. The van der Waals surface area contributed by atoms with Crippen LogP contribution in [0.5, 0.6) is 0 Å². The molecule has 0 bridgehead atoms. The van der Waals surface area contributed by atoms with Crippen LogP contribution in [0.1, 0.15) is 27.7 Å². The first-order valence-electron chi connectivity index (χ1n) is 5.03. The third-order valence-corrected chi connectivity index (χ3v) is 4.92. The third-order valence-electron chi connectivity index (χ3n) is 0.942. The van der Waals surface area contributed by atoms with E-state index in [2.05, 4.69) is 19.6 Å². The first-order valence-corrected chi connectivity index (χ1v) is 9.54. The van der Waals surface area contributed by atoms with Crippen molar-refractivity contribution in [3.05, 3.63) is 0 Å². The summed E-state index contributed by atoms with van der Waals surface area (Å²) in [6.07, 6.45) is 0.299. The second kappa shape index (κ2) is 6.18. The fraction of sp³-hybridized carbons (Fsp3) is 1.00. The molecule has 0 aliphatic heterocycles. The molecule has 86 valence electrons. The molecular formula is C9H23O3PSi. The highest BCUT2D eigenvalue weighted by Crippen LogP contribution is 2.44. The van der Waals surface area contributed by atoms with Crippen LogP contribution in [0.2, 0.25) is 19.6 Å². The maximum Gasteiger partial charge on any atom is 0.322 e. The summed E-state index contributed by atoms with van der Waals surface area (Å²) in [5.41, 5.74) is 0. The van der Waals surface area contributed by atoms with Crippen molar-refractivity contribution in [2.24, 2.45) is 0 Å². The highest BCUT2D eigenvalue weighted by molar-refractivity contribution is 7.43. The van der Waals surface area contributed by atoms with E-state index in [1.54, 1.807) is 0 Å². The van der Waals surface area contributed by atoms with Crippen LogP contribution >= 0.6 is 8.60 Å². The van der Waals surface area contributed by atoms with Gasteiger partial charge in [-0.3, -0.25) is 0 Å². The van der Waals surface area contributed by atoms with E-state index in [1.807, 2.05) is 27.7 Å². The topological polar surface area (TPSA) is 27.7 Å². The molecule has 14 heavy (non-hydrogen) atoms. The molecule has 0 fully saturated rings. The molecule has 0 aliphatic rings. The van der Waals surface area contributed by atoms with Crippen LogP contribution in [0.3, 0.4) is 0 Å². The van der Waals surface area contributed by atoms with Gasteiger partial charge < -0.3 is 13.3 Å². The molecule has 0 saturated carbocycles. The van der Waals surface area contributed by atoms with Crippen LogP contribution in [0.15, 0.2) is 0 Å². The molecular weight excluding hydrogens is 215 g/mol. The Morgan fingerprint density at radius 3 is 1.43 bits per heavy atom. The predicted octanol–water partition coefficient (Wildman–Crippen LogP) is 3.91. The fourth-order valence-electron chi connectivity index (χ4n) is 0.636. The van der Waals surface area contributed by atoms with Crippen molar-refractivity contribution in [3.63, 3.8) is 0 Å². The van der Waals surface area contributed by atoms with Crippen LogP contribution in [0.25, 0.3) is 0 Å². The van der Waals surface area contributed by atoms with Crippen molar-refractivity contribution < 1.29 is 13.3 Å². The second-order valence-corrected chi connectivity index (χ2v) is 10.6. The van der Waals surface area contributed by atoms with E-state index in [0.717, 1.165) is 0 Å². The second-order valence-electron chi connectivity index (χ2n) is 4.74. The quantitative estimate of drug-likeness (QED) is 0.518. The summed E-state index contributed by atoms with van der Waals surface area (Å²) in [5.74, 6) is 0. The van der Waals surface area contributed by atoms with Crippen LogP contribution in [-0.2, 0) is 13.3 Å². The normalized spacial score (nSPS) is 13.3. The molecule has 0 N–H and O–H groups in total. The molecule has 3 nitrogen and oxygen atoms in total. The van der Waals surface area contributed by atoms with E-state index in [1.165, 1.54) is 0 Å². The fourth-order valence-corrected chi connectivity index (χ4v) is 3.51. The van der Waals surface area contributed by atoms with Gasteiger partial charge in [0.1, 0.15) is 0 Å². The molecule has 0 aromatic carbocycles. The van der Waals surface area contributed by atoms with Gasteiger partial charge >= 0.3 is 8.60 Å². The highest BCUT2D eigenvalue weighted by Gasteiger charge is 2.25. The van der Waals surface area contributed by atoms with E-state index in [0.29, 0.717) is 0 Å². The van der Waals surface area contributed by atoms with E-state index in [4.69, 9.17) is 13.3 Å². The lowest BCUT2D eigenvalue weighted by Gasteiger charge is -2.26. The van der Waals surface area contributed by atoms with Crippen molar-refractivity contribution in [3.8, 4) is 0 Å². The monoisotopic (exact) mass is 238 g/mol. The standard InChI is InChI=1S/C9H23O3PSi/c1-8(2)10-13(11-9(3)4)12-14(5,6)7/h8-9H,1-7H3. The van der Waals surface area contributed by atoms with Gasteiger partial charge in [-0.15, -0.1) is 0 Å². The summed E-state index contributed by atoms with van der Waals surface area (Å²) in [6, 6.07) is 0. The van der Waals surface area contributed by atoms with E-state index >= 15 is 0 Å². The maximum absolute atomic E-state index is 5.82. The van der Waals surface area contributed by atoms with Gasteiger partial charge in [0.25, 0.3) is 0 Å². The minimum atomic E-state index is -1.58. The van der Waals surface area contributed by atoms with Gasteiger partial charge in [0.2, 0.25) is 0 Å². The Morgan fingerprint density at radius 1 is 0.857 bits per heavy atom. The summed E-state index contributed by atoms with van der Waals surface area (Å²) >= 11 is 0. The Labute approximate surface area is 90.3 Å². The molecule has 0 unspecified atom stereocenters. The SMILES string of the molecule is CC(C)OP(OC(C)C)O[Si](C)(C)C. The Kier molecular flexibility index (Phi) is 6.42. The Balaban J connectivity index is 4.11. The maximum atomic E-state index is 5.82. The van der Waals surface area contributed by atoms with Crippen molar-refractivity contribution >= 4 is 16.9 Å². The minimum absolute atomic E-state index is 0.149. The molecule has 0 spiro atoms. The molecule has 0 radical (unpaired) electrons. The zero-order valence-electron chi connectivity index (χ0n) is 10.3. The van der Waals surface area contributed by atoms with E-state index < -0.39 is 16.9 Å². The molecule has 5 heteroatoms. The summed E-state index contributed by atoms with van der Waals surface area (Å²) in [6.45, 7) is 14.4. The lowest BCUT2D eigenvalue weighted by molar-refractivity contribution is 0.142. The molecule has 0 aromatic rings. The summed E-state index contributed by atoms with van der Waals surface area (Å²) in [5, 5.41) is 0. The number of rotatable bonds is 6. The molecule has 0 amide bonds. The zero-order chi connectivity index (χ0) is 11.4. The van der Waals surface area contributed by atoms with Gasteiger partial charge in [-0.2, -0.15) is 0 Å². The summed E-state index contributed by atoms with van der Waals surface area (Å²) in [7, 11) is -2.74. The van der Waals surface area contributed by atoms with Gasteiger partial charge in [0, 0.05) is 0 Å². The largest absolute Gasteiger partial charge is 0.354 e. The van der Waals surface area contributed by atoms with E-state index in [9.17, 15) is 0 Å². The average Bonchev–Trinajstić information content (AvgIpc) is 1.77. The van der Waals surface area contributed by atoms with E-state index in [-0.39, 0.29) is 12.2 Å². The third kappa shape index (κ3) is 9.10. The Hall–Kier alpha value is 0.527. The highest BCUT2D eigenvalue weighted by atomic mass is 31.2. The van der Waals surface area contributed by atoms with Gasteiger partial charge in [0.05, 0.1) is 12.2 Å². The molecule has 0 saturated heterocycles. The first-order chi connectivity index (χ1) is 6.20. The van der Waals surface area contributed by atoms with Crippen LogP contribution in [0, 0.1) is 0 Å². The number of hydrogen-bond acceptors (Lipinski definition) is 3. The Bertz CT molecular complexity index is 147. The molecule has 0 heterocycles. The molecule has 0 aliphatic carbocycles. The van der Waals surface area contributed by atoms with Crippen molar-refractivity contribution in [1.29, 1.82) is 0 Å². The van der Waals surface area contributed by atoms with Gasteiger partial charge in [-0.1, -0.05) is 0 Å². The molecule has 0 aromatic heterocycles. The summed E-state index contributed by atoms with van der Waals surface area (Å²) in [4.78, 5) is 0. The minimum Gasteiger partial charge on any atom is -0.354 e. The predicted molar refractivity (Wildman–Crippen MR) is 63.8 cm³/mol. The smallest absolute Gasteiger partial charge is 0.322 e. The van der Waals surface area contributed by atoms with Crippen LogP contribution in [-0.4, -0.2) is 20.5 Å². The van der Waals surface area contributed by atoms with Crippen molar-refractivity contribution in [2.75, 3.05) is 0 Å². The average molecular weight is 238 g/mol. The van der Waals surface area contributed by atoms with Gasteiger partial charge in [-0.25, -0.2) is 0 Å². The van der Waals surface area contributed by atoms with Crippen LogP contribution in [0.4, 0.5) is 0 Å². The van der Waals surface area contributed by atoms with Crippen molar-refractivity contribution in [2.45, 2.75) is 59.5 Å². The lowest BCUT2D eigenvalue weighted by atomic mass is 10.5. The van der Waals surface area contributed by atoms with Crippen molar-refractivity contribution in [1.82, 2.24) is 0 Å². The molecule has 0 rings (SSSR count). The zero-order valence-corrected chi connectivity index (χ0v) is 12.2. The first kappa shape index (κ1) is 14.5. The van der Waals surface area contributed by atoms with Crippen LogP contribution < -0.4 is 0 Å². The van der Waals surface area contributed by atoms with Gasteiger partial charge in [0.15, 0.2) is 8.32 Å². The number of hydrogen-bond donors (Lipinski definition) is 0. The summed E-state index contributed by atoms with van der Waals surface area (Å²) < 4.78 is 17.0. The van der Waals surface area contributed by atoms with Gasteiger partial charge in [-0.05, 0) is 47.3 Å².